The van der Waals surface area contributed by atoms with Crippen molar-refractivity contribution in [1.82, 2.24) is 10.2 Å². The van der Waals surface area contributed by atoms with Crippen LogP contribution in [-0.2, 0) is 25.5 Å². The number of carboxylic acid groups (broad SMARTS) is 1. The van der Waals surface area contributed by atoms with Crippen LogP contribution in [0.25, 0.3) is 0 Å². The monoisotopic (exact) mass is 362 g/mol. The number of carbonyl (C=O) groups excluding carboxylic acids is 2. The van der Waals surface area contributed by atoms with Crippen LogP contribution in [0.5, 0.6) is 0 Å². The second-order valence-corrected chi connectivity index (χ2v) is 6.65. The van der Waals surface area contributed by atoms with Gasteiger partial charge in [-0.1, -0.05) is 29.8 Å². The quantitative estimate of drug-likeness (QED) is 0.723. The first-order valence-corrected chi connectivity index (χ1v) is 8.75. The molecule has 1 aromatic rings. The van der Waals surface area contributed by atoms with Gasteiger partial charge in [0, 0.05) is 26.1 Å². The Bertz CT molecular complexity index is 644. The SMILES string of the molecule is COC1CC(CC(=O)O)N(C(=O)CNC(=O)CCc2ccc(C)cc2)C1. The predicted molar refractivity (Wildman–Crippen MR) is 95.7 cm³/mol. The third-order valence-corrected chi connectivity index (χ3v) is 4.64. The molecule has 2 N–H and O–H groups in total. The summed E-state index contributed by atoms with van der Waals surface area (Å²) in [6.45, 7) is 2.23. The molecule has 1 saturated heterocycles. The summed E-state index contributed by atoms with van der Waals surface area (Å²) >= 11 is 0. The van der Waals surface area contributed by atoms with E-state index in [0.717, 1.165) is 5.56 Å². The number of nitrogens with one attached hydrogen (secondary N) is 1. The van der Waals surface area contributed by atoms with Gasteiger partial charge >= 0.3 is 5.97 Å². The van der Waals surface area contributed by atoms with Gasteiger partial charge in [0.1, 0.15) is 0 Å². The van der Waals surface area contributed by atoms with E-state index in [1.54, 1.807) is 7.11 Å². The molecule has 0 bridgehead atoms. The molecule has 26 heavy (non-hydrogen) atoms. The van der Waals surface area contributed by atoms with Crippen LogP contribution in [0.15, 0.2) is 24.3 Å². The number of hydrogen-bond acceptors (Lipinski definition) is 4. The van der Waals surface area contributed by atoms with Gasteiger partial charge in [0.2, 0.25) is 11.8 Å². The average Bonchev–Trinajstić information content (AvgIpc) is 3.01. The highest BCUT2D eigenvalue weighted by atomic mass is 16.5. The minimum atomic E-state index is -0.952. The molecule has 0 spiro atoms. The number of ether oxygens (including phenoxy) is 1. The molecule has 0 aliphatic carbocycles. The Labute approximate surface area is 153 Å². The van der Waals surface area contributed by atoms with Crippen molar-refractivity contribution in [2.75, 3.05) is 20.2 Å². The summed E-state index contributed by atoms with van der Waals surface area (Å²) in [5, 5.41) is 11.6. The van der Waals surface area contributed by atoms with Crippen LogP contribution in [-0.4, -0.2) is 60.1 Å². The second kappa shape index (κ2) is 9.33. The fourth-order valence-corrected chi connectivity index (χ4v) is 3.12. The lowest BCUT2D eigenvalue weighted by molar-refractivity contribution is -0.140. The van der Waals surface area contributed by atoms with E-state index in [4.69, 9.17) is 9.84 Å². The molecule has 1 fully saturated rings. The molecule has 2 unspecified atom stereocenters. The maximum atomic E-state index is 12.4. The van der Waals surface area contributed by atoms with Crippen molar-refractivity contribution in [2.24, 2.45) is 0 Å². The smallest absolute Gasteiger partial charge is 0.305 e. The van der Waals surface area contributed by atoms with Crippen LogP contribution in [0.3, 0.4) is 0 Å². The number of methoxy groups -OCH3 is 1. The number of carboxylic acids is 1. The minimum absolute atomic E-state index is 0.118. The summed E-state index contributed by atoms with van der Waals surface area (Å²) in [5.41, 5.74) is 2.24. The largest absolute Gasteiger partial charge is 0.481 e. The molecular weight excluding hydrogens is 336 g/mol. The number of carbonyl (C=O) groups is 3. The fraction of sp³-hybridized carbons (Fsp3) is 0.526. The number of likely N-dealkylation sites (tertiary alicyclic amines) is 1. The van der Waals surface area contributed by atoms with Crippen LogP contribution in [0.2, 0.25) is 0 Å². The Morgan fingerprint density at radius 2 is 1.96 bits per heavy atom. The molecule has 7 heteroatoms. The summed E-state index contributed by atoms with van der Waals surface area (Å²) in [4.78, 5) is 36.8. The maximum absolute atomic E-state index is 12.4. The van der Waals surface area contributed by atoms with E-state index >= 15 is 0 Å². The molecule has 7 nitrogen and oxygen atoms in total. The molecule has 1 aliphatic heterocycles. The Balaban J connectivity index is 1.79. The van der Waals surface area contributed by atoms with Gasteiger partial charge in [-0.2, -0.15) is 0 Å². The number of amides is 2. The number of hydrogen-bond donors (Lipinski definition) is 2. The predicted octanol–water partition coefficient (Wildman–Crippen LogP) is 1.13. The van der Waals surface area contributed by atoms with E-state index in [1.165, 1.54) is 10.5 Å². The lowest BCUT2D eigenvalue weighted by Gasteiger charge is -2.23. The number of aryl methyl sites for hydroxylation is 2. The van der Waals surface area contributed by atoms with Gasteiger partial charge in [0.05, 0.1) is 19.1 Å². The van der Waals surface area contributed by atoms with Crippen LogP contribution < -0.4 is 5.32 Å². The number of rotatable bonds is 8. The zero-order chi connectivity index (χ0) is 19.1. The molecule has 142 valence electrons. The van der Waals surface area contributed by atoms with Crippen molar-refractivity contribution in [3.8, 4) is 0 Å². The summed E-state index contributed by atoms with van der Waals surface area (Å²) in [7, 11) is 1.54. The Morgan fingerprint density at radius 1 is 1.27 bits per heavy atom. The molecule has 2 amide bonds. The van der Waals surface area contributed by atoms with Crippen molar-refractivity contribution >= 4 is 17.8 Å². The van der Waals surface area contributed by atoms with E-state index in [-0.39, 0.29) is 30.9 Å². The fourth-order valence-electron chi connectivity index (χ4n) is 3.12. The van der Waals surface area contributed by atoms with E-state index in [0.29, 0.717) is 25.8 Å². The number of nitrogens with zero attached hydrogens (tertiary/aromatic N) is 1. The molecule has 1 aromatic carbocycles. The van der Waals surface area contributed by atoms with Crippen LogP contribution >= 0.6 is 0 Å². The Kier molecular flexibility index (Phi) is 7.15. The van der Waals surface area contributed by atoms with Crippen LogP contribution in [0.4, 0.5) is 0 Å². The topological polar surface area (TPSA) is 95.9 Å². The van der Waals surface area contributed by atoms with Gasteiger partial charge in [-0.25, -0.2) is 0 Å². The number of aliphatic carboxylic acids is 1. The molecule has 2 rings (SSSR count). The van der Waals surface area contributed by atoms with Gasteiger partial charge in [0.25, 0.3) is 0 Å². The van der Waals surface area contributed by atoms with Gasteiger partial charge in [-0.05, 0) is 25.3 Å². The zero-order valence-corrected chi connectivity index (χ0v) is 15.2. The lowest BCUT2D eigenvalue weighted by atomic mass is 10.1. The molecule has 1 heterocycles. The zero-order valence-electron chi connectivity index (χ0n) is 15.2. The third-order valence-electron chi connectivity index (χ3n) is 4.64. The minimum Gasteiger partial charge on any atom is -0.481 e. The van der Waals surface area contributed by atoms with Gasteiger partial charge in [-0.15, -0.1) is 0 Å². The Morgan fingerprint density at radius 3 is 2.58 bits per heavy atom. The summed E-state index contributed by atoms with van der Waals surface area (Å²) in [6.07, 6.45) is 1.12. The standard InChI is InChI=1S/C19H26N2O5/c1-13-3-5-14(6-4-13)7-8-17(22)20-11-18(23)21-12-16(26-2)9-15(21)10-19(24)25/h3-6,15-16H,7-12H2,1-2H3,(H,20,22)(H,24,25). The van der Waals surface area contributed by atoms with E-state index < -0.39 is 12.0 Å². The average molecular weight is 362 g/mol. The first kappa shape index (κ1) is 19.9. The molecular formula is C19H26N2O5. The molecule has 0 saturated carbocycles. The van der Waals surface area contributed by atoms with Gasteiger partial charge < -0.3 is 20.1 Å². The second-order valence-electron chi connectivity index (χ2n) is 6.65. The molecule has 0 aromatic heterocycles. The highest BCUT2D eigenvalue weighted by Crippen LogP contribution is 2.22. The van der Waals surface area contributed by atoms with Gasteiger partial charge in [0.15, 0.2) is 0 Å². The first-order chi connectivity index (χ1) is 12.4. The molecule has 2 atom stereocenters. The molecule has 0 radical (unpaired) electrons. The van der Waals surface area contributed by atoms with Crippen molar-refractivity contribution < 1.29 is 24.2 Å². The van der Waals surface area contributed by atoms with E-state index in [9.17, 15) is 14.4 Å². The van der Waals surface area contributed by atoms with Crippen molar-refractivity contribution in [2.45, 2.75) is 44.8 Å². The van der Waals surface area contributed by atoms with Gasteiger partial charge in [-0.3, -0.25) is 14.4 Å². The van der Waals surface area contributed by atoms with Crippen molar-refractivity contribution in [3.05, 3.63) is 35.4 Å². The summed E-state index contributed by atoms with van der Waals surface area (Å²) in [5.74, 6) is -1.43. The highest BCUT2D eigenvalue weighted by molar-refractivity contribution is 5.85. The third kappa shape index (κ3) is 5.84. The number of benzene rings is 1. The lowest BCUT2D eigenvalue weighted by Crippen LogP contribution is -2.43. The maximum Gasteiger partial charge on any atom is 0.305 e. The van der Waals surface area contributed by atoms with Crippen LogP contribution in [0, 0.1) is 6.92 Å². The van der Waals surface area contributed by atoms with E-state index in [1.807, 2.05) is 31.2 Å². The summed E-state index contributed by atoms with van der Waals surface area (Å²) in [6, 6.07) is 7.57. The van der Waals surface area contributed by atoms with Crippen LogP contribution in [0.1, 0.15) is 30.4 Å². The molecule has 1 aliphatic rings. The summed E-state index contributed by atoms with van der Waals surface area (Å²) < 4.78 is 5.25. The van der Waals surface area contributed by atoms with E-state index in [2.05, 4.69) is 5.32 Å². The highest BCUT2D eigenvalue weighted by Gasteiger charge is 2.36. The van der Waals surface area contributed by atoms with Crippen molar-refractivity contribution in [1.29, 1.82) is 0 Å². The normalized spacial score (nSPS) is 19.4. The Hall–Kier alpha value is -2.41. The first-order valence-electron chi connectivity index (χ1n) is 8.75. The van der Waals surface area contributed by atoms with Crippen molar-refractivity contribution in [3.63, 3.8) is 0 Å².